The van der Waals surface area contributed by atoms with Crippen molar-refractivity contribution in [2.75, 3.05) is 32.7 Å². The first kappa shape index (κ1) is 13.9. The van der Waals surface area contributed by atoms with E-state index in [4.69, 9.17) is 5.73 Å². The molecule has 0 aromatic heterocycles. The molecule has 1 atom stereocenters. The highest BCUT2D eigenvalue weighted by Gasteiger charge is 2.26. The molecule has 0 aromatic carbocycles. The summed E-state index contributed by atoms with van der Waals surface area (Å²) in [7, 11) is 0. The van der Waals surface area contributed by atoms with Gasteiger partial charge in [0.2, 0.25) is 11.8 Å². The van der Waals surface area contributed by atoms with Crippen LogP contribution in [0.1, 0.15) is 19.8 Å². The average molecular weight is 242 g/mol. The van der Waals surface area contributed by atoms with Crippen LogP contribution in [0, 0.1) is 0 Å². The fraction of sp³-hybridized carbons (Fsp3) is 0.818. The SMILES string of the molecule is CCNC(=O)CC(C(N)=O)N1CCCNCC1. The number of amides is 2. The molecule has 2 amide bonds. The second-order valence-corrected chi connectivity index (χ2v) is 4.22. The van der Waals surface area contributed by atoms with E-state index in [1.807, 2.05) is 11.8 Å². The van der Waals surface area contributed by atoms with Gasteiger partial charge in [0, 0.05) is 26.2 Å². The number of hydrogen-bond donors (Lipinski definition) is 3. The minimum Gasteiger partial charge on any atom is -0.368 e. The minimum absolute atomic E-state index is 0.117. The quantitative estimate of drug-likeness (QED) is 0.557. The van der Waals surface area contributed by atoms with Crippen LogP contribution in [0.25, 0.3) is 0 Å². The van der Waals surface area contributed by atoms with Crippen LogP contribution >= 0.6 is 0 Å². The Morgan fingerprint density at radius 3 is 2.82 bits per heavy atom. The van der Waals surface area contributed by atoms with Crippen LogP contribution in [-0.4, -0.2) is 55.5 Å². The normalized spacial score (nSPS) is 19.4. The van der Waals surface area contributed by atoms with E-state index in [1.54, 1.807) is 0 Å². The first-order chi connectivity index (χ1) is 8.15. The molecule has 1 unspecified atom stereocenters. The van der Waals surface area contributed by atoms with Gasteiger partial charge in [-0.1, -0.05) is 0 Å². The third-order valence-corrected chi connectivity index (χ3v) is 2.90. The highest BCUT2D eigenvalue weighted by molar-refractivity contribution is 5.87. The zero-order valence-electron chi connectivity index (χ0n) is 10.4. The number of carbonyl (C=O) groups excluding carboxylic acids is 2. The summed E-state index contributed by atoms with van der Waals surface area (Å²) in [4.78, 5) is 25.0. The topological polar surface area (TPSA) is 87.5 Å². The van der Waals surface area contributed by atoms with Crippen molar-refractivity contribution in [3.05, 3.63) is 0 Å². The molecular weight excluding hydrogens is 220 g/mol. The van der Waals surface area contributed by atoms with E-state index >= 15 is 0 Å². The van der Waals surface area contributed by atoms with Gasteiger partial charge in [0.25, 0.3) is 0 Å². The smallest absolute Gasteiger partial charge is 0.235 e. The van der Waals surface area contributed by atoms with Crippen molar-refractivity contribution in [2.24, 2.45) is 5.73 Å². The van der Waals surface area contributed by atoms with Gasteiger partial charge in [-0.3, -0.25) is 14.5 Å². The van der Waals surface area contributed by atoms with Crippen molar-refractivity contribution in [2.45, 2.75) is 25.8 Å². The molecule has 0 bridgehead atoms. The third-order valence-electron chi connectivity index (χ3n) is 2.90. The van der Waals surface area contributed by atoms with Crippen molar-refractivity contribution in [1.29, 1.82) is 0 Å². The maximum atomic E-state index is 11.5. The van der Waals surface area contributed by atoms with Crippen LogP contribution in [0.3, 0.4) is 0 Å². The highest BCUT2D eigenvalue weighted by Crippen LogP contribution is 2.06. The average Bonchev–Trinajstić information content (AvgIpc) is 2.54. The van der Waals surface area contributed by atoms with Gasteiger partial charge in [-0.15, -0.1) is 0 Å². The highest BCUT2D eigenvalue weighted by atomic mass is 16.2. The van der Waals surface area contributed by atoms with Crippen LogP contribution in [0.5, 0.6) is 0 Å². The van der Waals surface area contributed by atoms with E-state index in [-0.39, 0.29) is 12.3 Å². The van der Waals surface area contributed by atoms with Crippen LogP contribution < -0.4 is 16.4 Å². The largest absolute Gasteiger partial charge is 0.368 e. The summed E-state index contributed by atoms with van der Waals surface area (Å²) in [5.74, 6) is -0.536. The molecule has 6 nitrogen and oxygen atoms in total. The van der Waals surface area contributed by atoms with Gasteiger partial charge in [-0.05, 0) is 19.9 Å². The Bertz CT molecular complexity index is 262. The second kappa shape index (κ2) is 7.24. The number of nitrogens with zero attached hydrogens (tertiary/aromatic N) is 1. The molecule has 1 saturated heterocycles. The Morgan fingerprint density at radius 2 is 2.18 bits per heavy atom. The number of carbonyl (C=O) groups is 2. The van der Waals surface area contributed by atoms with Gasteiger partial charge in [0.1, 0.15) is 0 Å². The predicted molar refractivity (Wildman–Crippen MR) is 65.3 cm³/mol. The molecule has 17 heavy (non-hydrogen) atoms. The molecule has 1 fully saturated rings. The fourth-order valence-corrected chi connectivity index (χ4v) is 2.03. The molecule has 1 rings (SSSR count). The van der Waals surface area contributed by atoms with Gasteiger partial charge < -0.3 is 16.4 Å². The Hall–Kier alpha value is -1.14. The zero-order chi connectivity index (χ0) is 12.7. The molecule has 0 aliphatic carbocycles. The third kappa shape index (κ3) is 4.70. The van der Waals surface area contributed by atoms with Gasteiger partial charge in [0.05, 0.1) is 12.5 Å². The van der Waals surface area contributed by atoms with E-state index in [1.165, 1.54) is 0 Å². The second-order valence-electron chi connectivity index (χ2n) is 4.22. The molecule has 0 saturated carbocycles. The van der Waals surface area contributed by atoms with E-state index in [2.05, 4.69) is 10.6 Å². The predicted octanol–water partition coefficient (Wildman–Crippen LogP) is -1.34. The molecule has 0 spiro atoms. The van der Waals surface area contributed by atoms with Crippen molar-refractivity contribution < 1.29 is 9.59 Å². The van der Waals surface area contributed by atoms with Gasteiger partial charge in [0.15, 0.2) is 0 Å². The van der Waals surface area contributed by atoms with Crippen LogP contribution in [-0.2, 0) is 9.59 Å². The Balaban J connectivity index is 2.57. The number of hydrogen-bond acceptors (Lipinski definition) is 4. The maximum Gasteiger partial charge on any atom is 0.235 e. The summed E-state index contributed by atoms with van der Waals surface area (Å²) in [6.07, 6.45) is 1.13. The van der Waals surface area contributed by atoms with Crippen LogP contribution in [0.4, 0.5) is 0 Å². The summed E-state index contributed by atoms with van der Waals surface area (Å²) in [5.41, 5.74) is 5.38. The van der Waals surface area contributed by atoms with E-state index in [0.717, 1.165) is 32.6 Å². The van der Waals surface area contributed by atoms with Gasteiger partial charge >= 0.3 is 0 Å². The monoisotopic (exact) mass is 242 g/mol. The van der Waals surface area contributed by atoms with Gasteiger partial charge in [-0.2, -0.15) is 0 Å². The van der Waals surface area contributed by atoms with Crippen molar-refractivity contribution in [1.82, 2.24) is 15.5 Å². The zero-order valence-corrected chi connectivity index (χ0v) is 10.4. The molecule has 98 valence electrons. The maximum absolute atomic E-state index is 11.5. The lowest BCUT2D eigenvalue weighted by molar-refractivity contribution is -0.129. The van der Waals surface area contributed by atoms with E-state index in [0.29, 0.717) is 6.54 Å². The standard InChI is InChI=1S/C11H22N4O2/c1-2-14-10(16)8-9(11(12)17)15-6-3-4-13-5-7-15/h9,13H,2-8H2,1H3,(H2,12,17)(H,14,16). The van der Waals surface area contributed by atoms with Crippen LogP contribution in [0.15, 0.2) is 0 Å². The molecule has 1 aliphatic heterocycles. The number of nitrogens with one attached hydrogen (secondary N) is 2. The Labute approximate surface area is 102 Å². The molecule has 4 N–H and O–H groups in total. The fourth-order valence-electron chi connectivity index (χ4n) is 2.03. The summed E-state index contributed by atoms with van der Waals surface area (Å²) < 4.78 is 0. The first-order valence-corrected chi connectivity index (χ1v) is 6.16. The van der Waals surface area contributed by atoms with Crippen LogP contribution in [0.2, 0.25) is 0 Å². The number of nitrogens with two attached hydrogens (primary N) is 1. The lowest BCUT2D eigenvalue weighted by atomic mass is 10.1. The molecule has 0 radical (unpaired) electrons. The van der Waals surface area contributed by atoms with Gasteiger partial charge in [-0.25, -0.2) is 0 Å². The van der Waals surface area contributed by atoms with Crippen molar-refractivity contribution >= 4 is 11.8 Å². The summed E-state index contributed by atoms with van der Waals surface area (Å²) in [5, 5.41) is 5.95. The Kier molecular flexibility index (Phi) is 5.93. The lowest BCUT2D eigenvalue weighted by Gasteiger charge is -2.27. The summed E-state index contributed by atoms with van der Waals surface area (Å²) in [6.45, 7) is 5.77. The first-order valence-electron chi connectivity index (χ1n) is 6.16. The summed E-state index contributed by atoms with van der Waals surface area (Å²) >= 11 is 0. The molecule has 6 heteroatoms. The summed E-state index contributed by atoms with van der Waals surface area (Å²) in [6, 6.07) is -0.485. The molecular formula is C11H22N4O2. The van der Waals surface area contributed by atoms with Crippen molar-refractivity contribution in [3.63, 3.8) is 0 Å². The Morgan fingerprint density at radius 1 is 1.41 bits per heavy atom. The molecule has 1 aliphatic rings. The van der Waals surface area contributed by atoms with E-state index < -0.39 is 11.9 Å². The van der Waals surface area contributed by atoms with E-state index in [9.17, 15) is 9.59 Å². The molecule has 0 aromatic rings. The van der Waals surface area contributed by atoms with Crippen molar-refractivity contribution in [3.8, 4) is 0 Å². The molecule has 1 heterocycles. The minimum atomic E-state index is -0.485. The number of primary amides is 1. The lowest BCUT2D eigenvalue weighted by Crippen LogP contribution is -2.48. The number of rotatable bonds is 5.